The van der Waals surface area contributed by atoms with Crippen molar-refractivity contribution in [2.24, 2.45) is 0 Å². The number of amides is 1. The normalized spacial score (nSPS) is 23.6. The largest absolute Gasteiger partial charge is 0.392 e. The smallest absolute Gasteiger partial charge is 0.254 e. The number of hydroxylamine groups is 1. The lowest BCUT2D eigenvalue weighted by Gasteiger charge is -2.16. The Balaban J connectivity index is 1.49. The summed E-state index contributed by atoms with van der Waals surface area (Å²) < 4.78 is 14.3. The van der Waals surface area contributed by atoms with Crippen LogP contribution in [0, 0.1) is 5.82 Å². The fourth-order valence-electron chi connectivity index (χ4n) is 3.85. The van der Waals surface area contributed by atoms with Gasteiger partial charge in [-0.05, 0) is 42.0 Å². The van der Waals surface area contributed by atoms with Crippen molar-refractivity contribution in [2.45, 2.75) is 51.2 Å². The molecule has 0 radical (unpaired) electrons. The van der Waals surface area contributed by atoms with Crippen LogP contribution >= 0.6 is 0 Å². The zero-order chi connectivity index (χ0) is 19.7. The van der Waals surface area contributed by atoms with Gasteiger partial charge in [0.25, 0.3) is 5.91 Å². The summed E-state index contributed by atoms with van der Waals surface area (Å²) in [4.78, 5) is 18.0. The first-order chi connectivity index (χ1) is 13.6. The van der Waals surface area contributed by atoms with Crippen molar-refractivity contribution >= 4 is 5.91 Å². The predicted octanol–water partition coefficient (Wildman–Crippen LogP) is 2.59. The van der Waals surface area contributed by atoms with E-state index in [0.717, 1.165) is 30.4 Å². The van der Waals surface area contributed by atoms with E-state index in [9.17, 15) is 14.3 Å². The van der Waals surface area contributed by atoms with Gasteiger partial charge in [0.2, 0.25) is 0 Å². The molecule has 1 fully saturated rings. The van der Waals surface area contributed by atoms with Crippen LogP contribution in [0.4, 0.5) is 4.39 Å². The number of carbonyl (C=O) groups is 1. The molecule has 28 heavy (non-hydrogen) atoms. The van der Waals surface area contributed by atoms with Crippen molar-refractivity contribution in [3.05, 3.63) is 70.0 Å². The number of aliphatic hydroxyl groups excluding tert-OH is 1. The molecule has 6 nitrogen and oxygen atoms in total. The van der Waals surface area contributed by atoms with Gasteiger partial charge in [-0.3, -0.25) is 14.9 Å². The monoisotopic (exact) mass is 385 g/mol. The second kappa shape index (κ2) is 7.97. The third-order valence-corrected chi connectivity index (χ3v) is 5.43. The molecule has 1 aliphatic heterocycles. The lowest BCUT2D eigenvalue weighted by Crippen LogP contribution is -2.28. The number of fused-ring (bicyclic) bond motifs is 1. The Morgan fingerprint density at radius 3 is 2.96 bits per heavy atom. The summed E-state index contributed by atoms with van der Waals surface area (Å²) in [5.74, 6) is -1.13. The highest BCUT2D eigenvalue weighted by Gasteiger charge is 2.29. The van der Waals surface area contributed by atoms with Crippen molar-refractivity contribution in [2.75, 3.05) is 0 Å². The minimum Gasteiger partial charge on any atom is -0.392 e. The Hall–Kier alpha value is -2.32. The van der Waals surface area contributed by atoms with Gasteiger partial charge in [0.15, 0.2) is 0 Å². The maximum Gasteiger partial charge on any atom is 0.254 e. The van der Waals surface area contributed by atoms with Crippen LogP contribution in [-0.2, 0) is 17.9 Å². The lowest BCUT2D eigenvalue weighted by molar-refractivity contribution is 0.0207. The van der Waals surface area contributed by atoms with Crippen LogP contribution in [0.25, 0.3) is 0 Å². The molecule has 1 amide bonds. The molecule has 4 N–H and O–H groups in total. The van der Waals surface area contributed by atoms with E-state index in [-0.39, 0.29) is 29.6 Å². The SMILES string of the molecule is CCC1NC(c2ccc3c(c2)CC[C@H]3NC(=O)c2cccc(CO)c2F)NO1. The highest BCUT2D eigenvalue weighted by atomic mass is 19.1. The molecule has 3 atom stereocenters. The summed E-state index contributed by atoms with van der Waals surface area (Å²) in [5.41, 5.74) is 6.40. The molecule has 0 saturated carbocycles. The second-order valence-corrected chi connectivity index (χ2v) is 7.19. The molecule has 1 heterocycles. The van der Waals surface area contributed by atoms with Crippen molar-refractivity contribution < 1.29 is 19.1 Å². The third kappa shape index (κ3) is 3.54. The molecule has 2 aromatic carbocycles. The first kappa shape index (κ1) is 19.0. The lowest BCUT2D eigenvalue weighted by atomic mass is 10.0. The molecule has 2 unspecified atom stereocenters. The molecule has 0 aromatic heterocycles. The van der Waals surface area contributed by atoms with Gasteiger partial charge in [0.1, 0.15) is 18.2 Å². The van der Waals surface area contributed by atoms with Gasteiger partial charge in [-0.2, -0.15) is 5.48 Å². The fraction of sp³-hybridized carbons (Fsp3) is 0.381. The molecule has 2 aliphatic rings. The Bertz CT molecular complexity index is 889. The maximum absolute atomic E-state index is 14.3. The first-order valence-electron chi connectivity index (χ1n) is 9.59. The molecular weight excluding hydrogens is 361 g/mol. The van der Waals surface area contributed by atoms with Gasteiger partial charge >= 0.3 is 0 Å². The number of aryl methyl sites for hydroxylation is 1. The fourth-order valence-corrected chi connectivity index (χ4v) is 3.85. The minimum atomic E-state index is -0.667. The van der Waals surface area contributed by atoms with E-state index in [1.54, 1.807) is 6.07 Å². The Kier molecular flexibility index (Phi) is 5.41. The van der Waals surface area contributed by atoms with Crippen LogP contribution < -0.4 is 16.1 Å². The van der Waals surface area contributed by atoms with E-state index in [0.29, 0.717) is 0 Å². The van der Waals surface area contributed by atoms with Crippen molar-refractivity contribution in [3.63, 3.8) is 0 Å². The predicted molar refractivity (Wildman–Crippen MR) is 101 cm³/mol. The molecule has 0 spiro atoms. The summed E-state index contributed by atoms with van der Waals surface area (Å²) in [5, 5.41) is 15.5. The zero-order valence-electron chi connectivity index (χ0n) is 15.7. The van der Waals surface area contributed by atoms with Crippen molar-refractivity contribution in [1.29, 1.82) is 0 Å². The molecule has 7 heteroatoms. The van der Waals surface area contributed by atoms with Gasteiger partial charge in [0.05, 0.1) is 18.2 Å². The Morgan fingerprint density at radius 2 is 2.21 bits per heavy atom. The van der Waals surface area contributed by atoms with E-state index in [1.165, 1.54) is 17.7 Å². The minimum absolute atomic E-state index is 0.00475. The zero-order valence-corrected chi connectivity index (χ0v) is 15.7. The summed E-state index contributed by atoms with van der Waals surface area (Å²) >= 11 is 0. The van der Waals surface area contributed by atoms with Gasteiger partial charge < -0.3 is 10.4 Å². The molecule has 4 rings (SSSR count). The summed E-state index contributed by atoms with van der Waals surface area (Å²) in [6.45, 7) is 1.62. The summed E-state index contributed by atoms with van der Waals surface area (Å²) in [6, 6.07) is 10.5. The quantitative estimate of drug-likeness (QED) is 0.636. The Morgan fingerprint density at radius 1 is 1.36 bits per heavy atom. The van der Waals surface area contributed by atoms with Crippen LogP contribution in [0.1, 0.15) is 64.6 Å². The summed E-state index contributed by atoms with van der Waals surface area (Å²) in [7, 11) is 0. The molecular formula is C21H24FN3O3. The van der Waals surface area contributed by atoms with Crippen molar-refractivity contribution in [1.82, 2.24) is 16.1 Å². The van der Waals surface area contributed by atoms with Gasteiger partial charge in [-0.25, -0.2) is 4.39 Å². The number of hydrogen-bond donors (Lipinski definition) is 4. The van der Waals surface area contributed by atoms with E-state index in [4.69, 9.17) is 4.84 Å². The first-order valence-corrected chi connectivity index (χ1v) is 9.59. The Labute approximate surface area is 163 Å². The molecule has 1 saturated heterocycles. The molecule has 1 aliphatic carbocycles. The number of halogens is 1. The van der Waals surface area contributed by atoms with Crippen LogP contribution in [0.3, 0.4) is 0 Å². The number of rotatable bonds is 5. The number of aliphatic hydroxyl groups is 1. The van der Waals surface area contributed by atoms with Crippen LogP contribution in [-0.4, -0.2) is 17.2 Å². The van der Waals surface area contributed by atoms with Gasteiger partial charge in [-0.1, -0.05) is 37.3 Å². The molecule has 2 aromatic rings. The van der Waals surface area contributed by atoms with Gasteiger partial charge in [0, 0.05) is 5.56 Å². The molecule has 148 valence electrons. The second-order valence-electron chi connectivity index (χ2n) is 7.19. The van der Waals surface area contributed by atoms with Crippen molar-refractivity contribution in [3.8, 4) is 0 Å². The average molecular weight is 385 g/mol. The highest BCUT2D eigenvalue weighted by Crippen LogP contribution is 2.33. The van der Waals surface area contributed by atoms with Crippen LogP contribution in [0.15, 0.2) is 36.4 Å². The van der Waals surface area contributed by atoms with Gasteiger partial charge in [-0.15, -0.1) is 0 Å². The highest BCUT2D eigenvalue weighted by molar-refractivity contribution is 5.95. The van der Waals surface area contributed by atoms with E-state index < -0.39 is 18.3 Å². The number of benzene rings is 2. The number of nitrogens with one attached hydrogen (secondary N) is 3. The number of carbonyl (C=O) groups excluding carboxylic acids is 1. The van der Waals surface area contributed by atoms with E-state index >= 15 is 0 Å². The van der Waals surface area contributed by atoms with Crippen LogP contribution in [0.2, 0.25) is 0 Å². The number of hydrogen-bond acceptors (Lipinski definition) is 5. The summed E-state index contributed by atoms with van der Waals surface area (Å²) in [6.07, 6.45) is 2.43. The van der Waals surface area contributed by atoms with E-state index in [1.807, 2.05) is 12.1 Å². The topological polar surface area (TPSA) is 82.6 Å². The van der Waals surface area contributed by atoms with Crippen LogP contribution in [0.5, 0.6) is 0 Å². The molecule has 0 bridgehead atoms. The average Bonchev–Trinajstić information content (AvgIpc) is 3.35. The standard InChI is InChI=1S/C21H24FN3O3/c1-2-18-24-20(25-28-18)13-6-8-15-12(10-13)7-9-17(15)23-21(27)16-5-3-4-14(11-26)19(16)22/h3-6,8,10,17-18,20,24-26H,2,7,9,11H2,1H3,(H,23,27)/t17-,18?,20?/m1/s1. The van der Waals surface area contributed by atoms with E-state index in [2.05, 4.69) is 29.1 Å². The maximum atomic E-state index is 14.3. The third-order valence-electron chi connectivity index (χ3n) is 5.43.